The molecule has 0 aromatic carbocycles. The first-order chi connectivity index (χ1) is 11.5. The van der Waals surface area contributed by atoms with Crippen molar-refractivity contribution in [3.63, 3.8) is 0 Å². The molecule has 0 radical (unpaired) electrons. The van der Waals surface area contributed by atoms with E-state index in [9.17, 15) is 15.0 Å². The van der Waals surface area contributed by atoms with Crippen molar-refractivity contribution in [2.75, 3.05) is 20.3 Å². The van der Waals surface area contributed by atoms with Crippen LogP contribution in [0.25, 0.3) is 0 Å². The van der Waals surface area contributed by atoms with Crippen LogP contribution in [0.4, 0.5) is 0 Å². The Bertz CT molecular complexity index is 484. The number of hydrogen-bond acceptors (Lipinski definition) is 4. The number of carbonyl (C=O) groups excluding carboxylic acids is 1. The van der Waals surface area contributed by atoms with Gasteiger partial charge < -0.3 is 14.9 Å². The normalized spacial score (nSPS) is 37.2. The minimum Gasteiger partial charge on any atom is -0.396 e. The molecule has 0 spiro atoms. The second-order valence-corrected chi connectivity index (χ2v) is 7.69. The Morgan fingerprint density at radius 3 is 2.83 bits per heavy atom. The highest BCUT2D eigenvalue weighted by molar-refractivity contribution is 5.73. The fourth-order valence-corrected chi connectivity index (χ4v) is 4.96. The van der Waals surface area contributed by atoms with Gasteiger partial charge in [0.25, 0.3) is 0 Å². The molecule has 0 amide bonds. The number of aldehydes is 1. The van der Waals surface area contributed by atoms with Gasteiger partial charge >= 0.3 is 0 Å². The fraction of sp³-hybridized carbons (Fsp3) is 0.750. The zero-order chi connectivity index (χ0) is 17.7. The molecule has 4 nitrogen and oxygen atoms in total. The second-order valence-electron chi connectivity index (χ2n) is 7.69. The fourth-order valence-electron chi connectivity index (χ4n) is 4.96. The van der Waals surface area contributed by atoms with Crippen molar-refractivity contribution in [3.8, 4) is 0 Å². The van der Waals surface area contributed by atoms with Crippen molar-refractivity contribution in [2.24, 2.45) is 23.2 Å². The van der Waals surface area contributed by atoms with Crippen LogP contribution in [0.15, 0.2) is 23.8 Å². The van der Waals surface area contributed by atoms with Crippen LogP contribution in [-0.2, 0) is 9.53 Å². The maximum absolute atomic E-state index is 11.3. The Balaban J connectivity index is 2.19. The topological polar surface area (TPSA) is 66.8 Å². The van der Waals surface area contributed by atoms with Crippen molar-refractivity contribution in [3.05, 3.63) is 23.8 Å². The summed E-state index contributed by atoms with van der Waals surface area (Å²) in [6, 6.07) is 0. The van der Waals surface area contributed by atoms with Crippen LogP contribution >= 0.6 is 0 Å². The van der Waals surface area contributed by atoms with E-state index in [1.165, 1.54) is 5.57 Å². The van der Waals surface area contributed by atoms with E-state index < -0.39 is 6.10 Å². The molecule has 0 aliphatic heterocycles. The summed E-state index contributed by atoms with van der Waals surface area (Å²) >= 11 is 0. The molecular formula is C20H32O4. The first-order valence-corrected chi connectivity index (χ1v) is 9.07. The molecule has 2 fully saturated rings. The van der Waals surface area contributed by atoms with E-state index in [-0.39, 0.29) is 17.9 Å². The van der Waals surface area contributed by atoms with Crippen LogP contribution in [0.1, 0.15) is 45.4 Å². The minimum atomic E-state index is -0.400. The van der Waals surface area contributed by atoms with Gasteiger partial charge in [-0.05, 0) is 61.3 Å². The predicted molar refractivity (Wildman–Crippen MR) is 94.5 cm³/mol. The van der Waals surface area contributed by atoms with Crippen LogP contribution in [0, 0.1) is 23.2 Å². The minimum absolute atomic E-state index is 0.0354. The van der Waals surface area contributed by atoms with Gasteiger partial charge in [-0.25, -0.2) is 0 Å². The van der Waals surface area contributed by atoms with Gasteiger partial charge in [0.1, 0.15) is 6.29 Å². The lowest BCUT2D eigenvalue weighted by Gasteiger charge is -2.55. The average Bonchev–Trinajstić information content (AvgIpc) is 2.57. The van der Waals surface area contributed by atoms with E-state index >= 15 is 0 Å². The van der Waals surface area contributed by atoms with Crippen LogP contribution in [0.5, 0.6) is 0 Å². The first kappa shape index (κ1) is 19.4. The Labute approximate surface area is 145 Å². The van der Waals surface area contributed by atoms with Crippen molar-refractivity contribution in [1.29, 1.82) is 0 Å². The van der Waals surface area contributed by atoms with Gasteiger partial charge in [-0.3, -0.25) is 4.79 Å². The maximum atomic E-state index is 11.3. The van der Waals surface area contributed by atoms with Crippen LogP contribution in [0.2, 0.25) is 0 Å². The molecule has 2 saturated carbocycles. The smallest absolute Gasteiger partial charge is 0.145 e. The summed E-state index contributed by atoms with van der Waals surface area (Å²) in [5, 5.41) is 20.0. The Morgan fingerprint density at radius 2 is 2.21 bits per heavy atom. The molecule has 24 heavy (non-hydrogen) atoms. The lowest BCUT2D eigenvalue weighted by molar-refractivity contribution is -0.105. The molecule has 136 valence electrons. The number of allylic oxidation sites excluding steroid dienone is 2. The number of hydrogen-bond donors (Lipinski definition) is 2. The number of rotatable bonds is 7. The summed E-state index contributed by atoms with van der Waals surface area (Å²) in [7, 11) is 1.64. The average molecular weight is 336 g/mol. The summed E-state index contributed by atoms with van der Waals surface area (Å²) < 4.78 is 5.06. The van der Waals surface area contributed by atoms with E-state index in [0.29, 0.717) is 24.9 Å². The van der Waals surface area contributed by atoms with Crippen molar-refractivity contribution < 1.29 is 19.7 Å². The monoisotopic (exact) mass is 336 g/mol. The quantitative estimate of drug-likeness (QED) is 0.426. The molecule has 0 aromatic rings. The van der Waals surface area contributed by atoms with Crippen molar-refractivity contribution in [1.82, 2.24) is 0 Å². The molecule has 2 rings (SSSR count). The lowest BCUT2D eigenvalue weighted by atomic mass is 9.50. The number of aliphatic hydroxyl groups is 2. The lowest BCUT2D eigenvalue weighted by Crippen LogP contribution is -2.51. The third-order valence-electron chi connectivity index (χ3n) is 6.47. The second kappa shape index (κ2) is 8.41. The Kier molecular flexibility index (Phi) is 6.79. The summed E-state index contributed by atoms with van der Waals surface area (Å²) in [6.45, 7) is 7.18. The molecule has 4 heteroatoms. The van der Waals surface area contributed by atoms with E-state index in [4.69, 9.17) is 4.74 Å². The molecule has 0 saturated heterocycles. The van der Waals surface area contributed by atoms with Crippen LogP contribution < -0.4 is 0 Å². The SMILES string of the molecule is C=C1CCC2C(CO)C(O)CCC2(C)C1C/C=C(/C=O)CCOC. The van der Waals surface area contributed by atoms with Crippen LogP contribution in [0.3, 0.4) is 0 Å². The summed E-state index contributed by atoms with van der Waals surface area (Å²) in [4.78, 5) is 11.3. The molecule has 0 aromatic heterocycles. The van der Waals surface area contributed by atoms with E-state index in [2.05, 4.69) is 13.5 Å². The summed E-state index contributed by atoms with van der Waals surface area (Å²) in [5.74, 6) is 0.575. The highest BCUT2D eigenvalue weighted by Gasteiger charge is 2.51. The van der Waals surface area contributed by atoms with Gasteiger partial charge in [-0.1, -0.05) is 25.2 Å². The molecule has 5 atom stereocenters. The number of carbonyl (C=O) groups is 1. The maximum Gasteiger partial charge on any atom is 0.145 e. The molecular weight excluding hydrogens is 304 g/mol. The van der Waals surface area contributed by atoms with Gasteiger partial charge in [0.15, 0.2) is 0 Å². The largest absolute Gasteiger partial charge is 0.396 e. The Hall–Kier alpha value is -0.970. The third kappa shape index (κ3) is 3.81. The highest BCUT2D eigenvalue weighted by atomic mass is 16.5. The number of methoxy groups -OCH3 is 1. The molecule has 2 aliphatic carbocycles. The first-order valence-electron chi connectivity index (χ1n) is 9.07. The molecule has 0 heterocycles. The van der Waals surface area contributed by atoms with Gasteiger partial charge in [-0.2, -0.15) is 0 Å². The summed E-state index contributed by atoms with van der Waals surface area (Å²) in [6.07, 6.45) is 7.60. The van der Waals surface area contributed by atoms with E-state index in [1.54, 1.807) is 7.11 Å². The molecule has 2 N–H and O–H groups in total. The molecule has 5 unspecified atom stereocenters. The zero-order valence-corrected chi connectivity index (χ0v) is 15.0. The predicted octanol–water partition coefficient (Wildman–Crippen LogP) is 2.89. The van der Waals surface area contributed by atoms with Crippen molar-refractivity contribution >= 4 is 6.29 Å². The van der Waals surface area contributed by atoms with Gasteiger partial charge in [0.2, 0.25) is 0 Å². The van der Waals surface area contributed by atoms with Gasteiger partial charge in [0.05, 0.1) is 12.7 Å². The molecule has 0 bridgehead atoms. The number of aliphatic hydroxyl groups excluding tert-OH is 2. The number of ether oxygens (including phenoxy) is 1. The standard InChI is InChI=1S/C20H32O4/c1-14-4-6-18-16(13-22)19(23)8-10-20(18,2)17(14)7-5-15(12-21)9-11-24-3/h5,12,16-19,22-23H,1,4,6-11,13H2,2-3H3/b15-5+. The molecule has 2 aliphatic rings. The third-order valence-corrected chi connectivity index (χ3v) is 6.47. The van der Waals surface area contributed by atoms with Crippen LogP contribution in [-0.4, -0.2) is 42.9 Å². The zero-order valence-electron chi connectivity index (χ0n) is 15.0. The van der Waals surface area contributed by atoms with E-state index in [0.717, 1.165) is 44.0 Å². The van der Waals surface area contributed by atoms with Gasteiger partial charge in [0, 0.05) is 19.6 Å². The van der Waals surface area contributed by atoms with Crippen molar-refractivity contribution in [2.45, 2.75) is 51.6 Å². The highest BCUT2D eigenvalue weighted by Crippen LogP contribution is 2.57. The summed E-state index contributed by atoms with van der Waals surface area (Å²) in [5.41, 5.74) is 2.06. The number of fused-ring (bicyclic) bond motifs is 1. The Morgan fingerprint density at radius 1 is 1.46 bits per heavy atom. The van der Waals surface area contributed by atoms with Gasteiger partial charge in [-0.15, -0.1) is 0 Å². The van der Waals surface area contributed by atoms with E-state index in [1.807, 2.05) is 6.08 Å².